The molecular formula is C22H34O4. The molecule has 1 rings (SSSR count). The van der Waals surface area contributed by atoms with Crippen molar-refractivity contribution in [1.29, 1.82) is 0 Å². The molecule has 0 aliphatic rings. The third kappa shape index (κ3) is 6.81. The van der Waals surface area contributed by atoms with E-state index in [1.54, 1.807) is 0 Å². The van der Waals surface area contributed by atoms with Gasteiger partial charge in [-0.2, -0.15) is 0 Å². The lowest BCUT2D eigenvalue weighted by atomic mass is 9.95. The van der Waals surface area contributed by atoms with Gasteiger partial charge in [-0.25, -0.2) is 9.59 Å². The molecule has 0 bridgehead atoms. The Balaban J connectivity index is 3.00. The minimum Gasteiger partial charge on any atom is -0.462 e. The molecule has 1 aromatic rings. The van der Waals surface area contributed by atoms with Gasteiger partial charge in [0.05, 0.1) is 24.3 Å². The Hall–Kier alpha value is -1.84. The summed E-state index contributed by atoms with van der Waals surface area (Å²) < 4.78 is 10.8. The molecule has 0 saturated heterocycles. The van der Waals surface area contributed by atoms with Gasteiger partial charge in [-0.05, 0) is 48.9 Å². The van der Waals surface area contributed by atoms with Crippen LogP contribution >= 0.6 is 0 Å². The molecule has 0 saturated carbocycles. The van der Waals surface area contributed by atoms with Gasteiger partial charge in [-0.3, -0.25) is 0 Å². The summed E-state index contributed by atoms with van der Waals surface area (Å²) in [5.41, 5.74) is 2.82. The first-order valence-corrected chi connectivity index (χ1v) is 10.1. The van der Waals surface area contributed by atoms with Crippen LogP contribution in [0, 0.1) is 0 Å². The third-order valence-electron chi connectivity index (χ3n) is 4.50. The van der Waals surface area contributed by atoms with Crippen molar-refractivity contribution >= 4 is 11.9 Å². The zero-order chi connectivity index (χ0) is 19.4. The number of benzene rings is 1. The van der Waals surface area contributed by atoms with Crippen LogP contribution in [0.15, 0.2) is 12.1 Å². The van der Waals surface area contributed by atoms with Crippen LogP contribution in [-0.2, 0) is 22.3 Å². The van der Waals surface area contributed by atoms with Crippen molar-refractivity contribution in [3.63, 3.8) is 0 Å². The zero-order valence-corrected chi connectivity index (χ0v) is 16.9. The van der Waals surface area contributed by atoms with Gasteiger partial charge in [0.15, 0.2) is 0 Å². The lowest BCUT2D eigenvalue weighted by molar-refractivity contribution is 0.0450. The molecule has 26 heavy (non-hydrogen) atoms. The van der Waals surface area contributed by atoms with Crippen LogP contribution < -0.4 is 0 Å². The Morgan fingerprint density at radius 1 is 0.692 bits per heavy atom. The molecule has 4 nitrogen and oxygen atoms in total. The number of aryl methyl sites for hydroxylation is 2. The third-order valence-corrected chi connectivity index (χ3v) is 4.50. The molecule has 0 amide bonds. The summed E-state index contributed by atoms with van der Waals surface area (Å²) in [6, 6.07) is 3.62. The highest BCUT2D eigenvalue weighted by Gasteiger charge is 2.22. The average Bonchev–Trinajstić information content (AvgIpc) is 2.67. The predicted molar refractivity (Wildman–Crippen MR) is 105 cm³/mol. The summed E-state index contributed by atoms with van der Waals surface area (Å²) in [7, 11) is 0. The van der Waals surface area contributed by atoms with Crippen molar-refractivity contribution in [1.82, 2.24) is 0 Å². The Kier molecular flexibility index (Phi) is 10.7. The monoisotopic (exact) mass is 362 g/mol. The maximum Gasteiger partial charge on any atom is 0.339 e. The summed E-state index contributed by atoms with van der Waals surface area (Å²) in [5.74, 6) is -0.863. The molecule has 0 aliphatic heterocycles. The second-order valence-corrected chi connectivity index (χ2v) is 6.56. The van der Waals surface area contributed by atoms with E-state index in [-0.39, 0.29) is 0 Å². The molecule has 0 unspecified atom stereocenters. The highest BCUT2D eigenvalue weighted by atomic mass is 16.5. The fraction of sp³-hybridized carbons (Fsp3) is 0.636. The average molecular weight is 363 g/mol. The zero-order valence-electron chi connectivity index (χ0n) is 16.9. The van der Waals surface area contributed by atoms with Gasteiger partial charge in [-0.15, -0.1) is 0 Å². The highest BCUT2D eigenvalue weighted by molar-refractivity contribution is 6.03. The highest BCUT2D eigenvalue weighted by Crippen LogP contribution is 2.21. The fourth-order valence-corrected chi connectivity index (χ4v) is 2.87. The summed E-state index contributed by atoms with van der Waals surface area (Å²) in [6.07, 6.45) is 7.48. The van der Waals surface area contributed by atoms with Crippen LogP contribution in [0.4, 0.5) is 0 Å². The van der Waals surface area contributed by atoms with Gasteiger partial charge in [0.1, 0.15) is 0 Å². The van der Waals surface area contributed by atoms with E-state index in [1.807, 2.05) is 26.0 Å². The van der Waals surface area contributed by atoms with Gasteiger partial charge >= 0.3 is 11.9 Å². The largest absolute Gasteiger partial charge is 0.462 e. The van der Waals surface area contributed by atoms with Crippen LogP contribution in [0.5, 0.6) is 0 Å². The van der Waals surface area contributed by atoms with E-state index in [4.69, 9.17) is 9.47 Å². The lowest BCUT2D eigenvalue weighted by Crippen LogP contribution is -2.16. The van der Waals surface area contributed by atoms with Crippen LogP contribution in [-0.4, -0.2) is 25.2 Å². The Bertz CT molecular complexity index is 527. The predicted octanol–water partition coefficient (Wildman–Crippen LogP) is 5.51. The Morgan fingerprint density at radius 2 is 1.08 bits per heavy atom. The summed E-state index contributed by atoms with van der Waals surface area (Å²) in [5, 5.41) is 0. The maximum absolute atomic E-state index is 12.5. The van der Waals surface area contributed by atoms with E-state index in [1.165, 1.54) is 0 Å². The molecule has 0 radical (unpaired) electrons. The fourth-order valence-electron chi connectivity index (χ4n) is 2.87. The number of hydrogen-bond donors (Lipinski definition) is 0. The quantitative estimate of drug-likeness (QED) is 0.364. The van der Waals surface area contributed by atoms with Crippen LogP contribution in [0.25, 0.3) is 0 Å². The Morgan fingerprint density at radius 3 is 1.38 bits per heavy atom. The van der Waals surface area contributed by atoms with E-state index in [9.17, 15) is 9.59 Å². The molecule has 0 aromatic heterocycles. The maximum atomic E-state index is 12.5. The Labute approximate surface area is 158 Å². The SMILES string of the molecule is CCCCCOC(=O)c1cc(CC)c(CC)cc1C(=O)OCCCCC. The molecule has 1 aromatic carbocycles. The van der Waals surface area contributed by atoms with Crippen molar-refractivity contribution < 1.29 is 19.1 Å². The number of carbonyl (C=O) groups is 2. The van der Waals surface area contributed by atoms with Gasteiger partial charge in [0.2, 0.25) is 0 Å². The van der Waals surface area contributed by atoms with Crippen molar-refractivity contribution in [2.45, 2.75) is 79.1 Å². The smallest absolute Gasteiger partial charge is 0.339 e. The molecule has 0 aliphatic carbocycles. The summed E-state index contributed by atoms with van der Waals surface area (Å²) in [6.45, 7) is 9.07. The van der Waals surface area contributed by atoms with E-state index in [2.05, 4.69) is 13.8 Å². The molecule has 0 spiro atoms. The lowest BCUT2D eigenvalue weighted by Gasteiger charge is -2.14. The topological polar surface area (TPSA) is 52.6 Å². The second kappa shape index (κ2) is 12.5. The normalized spacial score (nSPS) is 10.6. The van der Waals surface area contributed by atoms with Gasteiger partial charge in [-0.1, -0.05) is 53.4 Å². The minimum absolute atomic E-state index is 0.330. The van der Waals surface area contributed by atoms with Crippen LogP contribution in [0.1, 0.15) is 98.1 Å². The molecule has 0 N–H and O–H groups in total. The molecule has 146 valence electrons. The van der Waals surface area contributed by atoms with Gasteiger partial charge < -0.3 is 9.47 Å². The second-order valence-electron chi connectivity index (χ2n) is 6.56. The van der Waals surface area contributed by atoms with E-state index in [0.29, 0.717) is 24.3 Å². The van der Waals surface area contributed by atoms with E-state index in [0.717, 1.165) is 62.5 Å². The number of esters is 2. The first-order valence-electron chi connectivity index (χ1n) is 10.1. The summed E-state index contributed by atoms with van der Waals surface area (Å²) >= 11 is 0. The van der Waals surface area contributed by atoms with Crippen LogP contribution in [0.2, 0.25) is 0 Å². The van der Waals surface area contributed by atoms with Crippen molar-refractivity contribution in [3.05, 3.63) is 34.4 Å². The molecule has 4 heteroatoms. The van der Waals surface area contributed by atoms with E-state index >= 15 is 0 Å². The number of hydrogen-bond acceptors (Lipinski definition) is 4. The minimum atomic E-state index is -0.432. The molecule has 0 atom stereocenters. The van der Waals surface area contributed by atoms with Gasteiger partial charge in [0.25, 0.3) is 0 Å². The van der Waals surface area contributed by atoms with E-state index < -0.39 is 11.9 Å². The van der Waals surface area contributed by atoms with Crippen molar-refractivity contribution in [2.75, 3.05) is 13.2 Å². The van der Waals surface area contributed by atoms with Crippen molar-refractivity contribution in [2.24, 2.45) is 0 Å². The number of rotatable bonds is 12. The first kappa shape index (κ1) is 22.2. The van der Waals surface area contributed by atoms with Gasteiger partial charge in [0, 0.05) is 0 Å². The number of ether oxygens (including phenoxy) is 2. The van der Waals surface area contributed by atoms with Crippen LogP contribution in [0.3, 0.4) is 0 Å². The number of unbranched alkanes of at least 4 members (excludes halogenated alkanes) is 4. The first-order chi connectivity index (χ1) is 12.6. The molecule has 0 heterocycles. The molecule has 0 fully saturated rings. The molecular weight excluding hydrogens is 328 g/mol. The standard InChI is InChI=1S/C22H34O4/c1-5-9-11-13-25-21(23)19-15-17(7-3)18(8-4)16-20(19)22(24)26-14-12-10-6-2/h15-16H,5-14H2,1-4H3. The number of carbonyl (C=O) groups excluding carboxylic acids is 2. The summed E-state index contributed by atoms with van der Waals surface area (Å²) in [4.78, 5) is 25.1. The van der Waals surface area contributed by atoms with Crippen molar-refractivity contribution in [3.8, 4) is 0 Å².